The van der Waals surface area contributed by atoms with Crippen molar-refractivity contribution in [3.8, 4) is 11.5 Å². The van der Waals surface area contributed by atoms with Gasteiger partial charge in [0.15, 0.2) is 0 Å². The lowest BCUT2D eigenvalue weighted by atomic mass is 10.2. The molecule has 1 rings (SSSR count). The number of carbonyl (C=O) groups excluding carboxylic acids is 2. The van der Waals surface area contributed by atoms with Crippen LogP contribution in [0.25, 0.3) is 0 Å². The van der Waals surface area contributed by atoms with Crippen molar-refractivity contribution in [1.29, 1.82) is 0 Å². The number of hydrogen-bond donors (Lipinski definition) is 1. The van der Waals surface area contributed by atoms with Gasteiger partial charge in [0, 0.05) is 6.92 Å². The van der Waals surface area contributed by atoms with Gasteiger partial charge in [-0.15, -0.1) is 0 Å². The molecular weight excluding hydrogens is 200 g/mol. The molecule has 80 valence electrons. The lowest BCUT2D eigenvalue weighted by Crippen LogP contribution is -2.09. The third kappa shape index (κ3) is 2.70. The summed E-state index contributed by atoms with van der Waals surface area (Å²) in [5.74, 6) is -1.51. The van der Waals surface area contributed by atoms with Gasteiger partial charge in [0.25, 0.3) is 0 Å². The number of esters is 2. The molecule has 0 aliphatic heterocycles. The first kappa shape index (κ1) is 11.0. The number of phenols is 1. The Bertz CT molecular complexity index is 397. The second-order valence-corrected chi connectivity index (χ2v) is 2.76. The van der Waals surface area contributed by atoms with Crippen LogP contribution in [0.5, 0.6) is 11.5 Å². The summed E-state index contributed by atoms with van der Waals surface area (Å²) in [5.41, 5.74) is -0.107. The molecule has 1 aromatic rings. The highest BCUT2D eigenvalue weighted by Gasteiger charge is 2.15. The van der Waals surface area contributed by atoms with Crippen LogP contribution in [0, 0.1) is 0 Å². The fourth-order valence-corrected chi connectivity index (χ4v) is 0.991. The van der Waals surface area contributed by atoms with Gasteiger partial charge in [0.1, 0.15) is 17.1 Å². The summed E-state index contributed by atoms with van der Waals surface area (Å²) in [6.45, 7) is 1.11. The minimum atomic E-state index is -0.904. The fourth-order valence-electron chi connectivity index (χ4n) is 0.991. The van der Waals surface area contributed by atoms with Crippen molar-refractivity contribution < 1.29 is 24.2 Å². The van der Waals surface area contributed by atoms with Crippen LogP contribution < -0.4 is 4.74 Å². The van der Waals surface area contributed by atoms with Gasteiger partial charge >= 0.3 is 11.9 Å². The van der Waals surface area contributed by atoms with Gasteiger partial charge in [-0.3, -0.25) is 4.79 Å². The predicted molar refractivity (Wildman–Crippen MR) is 50.8 cm³/mol. The SMILES string of the molecule is COc1ccc(O)c(C(=O)OC(C)=O)c1. The molecule has 1 aromatic carbocycles. The first-order valence-electron chi connectivity index (χ1n) is 4.14. The lowest BCUT2D eigenvalue weighted by molar-refractivity contribution is -0.135. The first-order valence-corrected chi connectivity index (χ1v) is 4.14. The summed E-state index contributed by atoms with van der Waals surface area (Å²) < 4.78 is 9.18. The minimum absolute atomic E-state index is 0.107. The van der Waals surface area contributed by atoms with Crippen LogP contribution in [0.15, 0.2) is 18.2 Å². The van der Waals surface area contributed by atoms with Crippen molar-refractivity contribution >= 4 is 11.9 Å². The molecule has 0 fully saturated rings. The number of carbonyl (C=O) groups is 2. The maximum Gasteiger partial charge on any atom is 0.349 e. The number of phenolic OH excluding ortho intramolecular Hbond substituents is 1. The van der Waals surface area contributed by atoms with Crippen LogP contribution >= 0.6 is 0 Å². The monoisotopic (exact) mass is 210 g/mol. The zero-order valence-electron chi connectivity index (χ0n) is 8.31. The lowest BCUT2D eigenvalue weighted by Gasteiger charge is -2.05. The van der Waals surface area contributed by atoms with Crippen LogP contribution in [0.3, 0.4) is 0 Å². The highest BCUT2D eigenvalue weighted by molar-refractivity contribution is 5.98. The molecule has 0 amide bonds. The van der Waals surface area contributed by atoms with Crippen molar-refractivity contribution in [2.75, 3.05) is 7.11 Å². The van der Waals surface area contributed by atoms with E-state index in [1.807, 2.05) is 0 Å². The molecule has 15 heavy (non-hydrogen) atoms. The second kappa shape index (κ2) is 4.45. The van der Waals surface area contributed by atoms with E-state index in [-0.39, 0.29) is 11.3 Å². The number of rotatable bonds is 2. The summed E-state index contributed by atoms with van der Waals surface area (Å²) in [6.07, 6.45) is 0. The van der Waals surface area contributed by atoms with Gasteiger partial charge in [-0.05, 0) is 18.2 Å². The zero-order valence-corrected chi connectivity index (χ0v) is 8.31. The molecule has 1 N–H and O–H groups in total. The number of ether oxygens (including phenoxy) is 2. The molecule has 0 aliphatic rings. The molecular formula is C10H10O5. The Morgan fingerprint density at radius 3 is 2.53 bits per heavy atom. The summed E-state index contributed by atoms with van der Waals surface area (Å²) in [5, 5.41) is 9.35. The zero-order chi connectivity index (χ0) is 11.4. The number of aromatic hydroxyl groups is 1. The smallest absolute Gasteiger partial charge is 0.349 e. The molecule has 0 aromatic heterocycles. The topological polar surface area (TPSA) is 72.8 Å². The molecule has 5 nitrogen and oxygen atoms in total. The highest BCUT2D eigenvalue weighted by atomic mass is 16.6. The first-order chi connectivity index (χ1) is 7.04. The highest BCUT2D eigenvalue weighted by Crippen LogP contribution is 2.23. The number of methoxy groups -OCH3 is 1. The molecule has 0 unspecified atom stereocenters. The van der Waals surface area contributed by atoms with E-state index in [1.165, 1.54) is 25.3 Å². The van der Waals surface area contributed by atoms with Crippen LogP contribution in [0.4, 0.5) is 0 Å². The van der Waals surface area contributed by atoms with Crippen molar-refractivity contribution in [1.82, 2.24) is 0 Å². The summed E-state index contributed by atoms with van der Waals surface area (Å²) >= 11 is 0. The predicted octanol–water partition coefficient (Wildman–Crippen LogP) is 1.10. The van der Waals surface area contributed by atoms with Gasteiger partial charge in [-0.25, -0.2) is 4.79 Å². The van der Waals surface area contributed by atoms with Gasteiger partial charge in [-0.1, -0.05) is 0 Å². The van der Waals surface area contributed by atoms with Gasteiger partial charge < -0.3 is 14.6 Å². The molecule has 5 heteroatoms. The molecule has 0 saturated heterocycles. The number of hydrogen-bond acceptors (Lipinski definition) is 5. The van der Waals surface area contributed by atoms with E-state index >= 15 is 0 Å². The van der Waals surface area contributed by atoms with E-state index in [2.05, 4.69) is 4.74 Å². The van der Waals surface area contributed by atoms with Crippen molar-refractivity contribution in [3.63, 3.8) is 0 Å². The fraction of sp³-hybridized carbons (Fsp3) is 0.200. The van der Waals surface area contributed by atoms with E-state index in [0.717, 1.165) is 6.92 Å². The normalized spacial score (nSPS) is 9.47. The third-order valence-corrected chi connectivity index (χ3v) is 1.66. The maximum absolute atomic E-state index is 11.3. The van der Waals surface area contributed by atoms with E-state index in [4.69, 9.17) is 4.74 Å². The third-order valence-electron chi connectivity index (χ3n) is 1.66. The van der Waals surface area contributed by atoms with Crippen molar-refractivity contribution in [2.24, 2.45) is 0 Å². The van der Waals surface area contributed by atoms with E-state index in [9.17, 15) is 14.7 Å². The molecule has 0 atom stereocenters. The molecule has 0 spiro atoms. The van der Waals surface area contributed by atoms with E-state index in [0.29, 0.717) is 5.75 Å². The van der Waals surface area contributed by atoms with Crippen LogP contribution in [-0.4, -0.2) is 24.2 Å². The van der Waals surface area contributed by atoms with Crippen LogP contribution in [0.1, 0.15) is 17.3 Å². The summed E-state index contributed by atoms with van der Waals surface area (Å²) in [7, 11) is 1.42. The Labute approximate surface area is 86.2 Å². The van der Waals surface area contributed by atoms with Gasteiger partial charge in [-0.2, -0.15) is 0 Å². The van der Waals surface area contributed by atoms with E-state index in [1.54, 1.807) is 0 Å². The largest absolute Gasteiger partial charge is 0.507 e. The molecule has 0 heterocycles. The molecule has 0 aliphatic carbocycles. The average molecular weight is 210 g/mol. The molecule has 0 bridgehead atoms. The van der Waals surface area contributed by atoms with Gasteiger partial charge in [0.05, 0.1) is 7.11 Å². The minimum Gasteiger partial charge on any atom is -0.507 e. The second-order valence-electron chi connectivity index (χ2n) is 2.76. The van der Waals surface area contributed by atoms with Gasteiger partial charge in [0.2, 0.25) is 0 Å². The standard InChI is InChI=1S/C10H10O5/c1-6(11)15-10(13)8-5-7(14-2)3-4-9(8)12/h3-5,12H,1-2H3. The van der Waals surface area contributed by atoms with Crippen molar-refractivity contribution in [3.05, 3.63) is 23.8 Å². The maximum atomic E-state index is 11.3. The summed E-state index contributed by atoms with van der Waals surface area (Å²) in [4.78, 5) is 21.8. The van der Waals surface area contributed by atoms with Crippen LogP contribution in [-0.2, 0) is 9.53 Å². The Morgan fingerprint density at radius 2 is 2.00 bits per heavy atom. The van der Waals surface area contributed by atoms with Crippen LogP contribution in [0.2, 0.25) is 0 Å². The molecule has 0 radical (unpaired) electrons. The Kier molecular flexibility index (Phi) is 3.28. The summed E-state index contributed by atoms with van der Waals surface area (Å²) in [6, 6.07) is 4.07. The molecule has 0 saturated carbocycles. The number of benzene rings is 1. The Morgan fingerprint density at radius 1 is 1.33 bits per heavy atom. The Hall–Kier alpha value is -2.04. The average Bonchev–Trinajstić information content (AvgIpc) is 2.17. The quantitative estimate of drug-likeness (QED) is 0.584. The Balaban J connectivity index is 3.01. The van der Waals surface area contributed by atoms with Crippen molar-refractivity contribution in [2.45, 2.75) is 6.92 Å². The van der Waals surface area contributed by atoms with E-state index < -0.39 is 11.9 Å².